The first-order valence-corrected chi connectivity index (χ1v) is 9.49. The molecule has 4 heteroatoms. The van der Waals surface area contributed by atoms with E-state index >= 15 is 0 Å². The molecule has 4 rings (SSSR count). The van der Waals surface area contributed by atoms with Crippen molar-refractivity contribution in [3.05, 3.63) is 65.7 Å². The maximum atomic E-state index is 13.0. The number of rotatable bonds is 5. The number of hydrogen-bond acceptors (Lipinski definition) is 3. The summed E-state index contributed by atoms with van der Waals surface area (Å²) in [5.74, 6) is 0.819. The number of carbonyl (C=O) groups excluding carboxylic acids is 1. The van der Waals surface area contributed by atoms with E-state index in [1.165, 1.54) is 12.8 Å². The summed E-state index contributed by atoms with van der Waals surface area (Å²) >= 11 is 0. The minimum Gasteiger partial charge on any atom is -0.489 e. The SMILES string of the molecule is CN(C(=O)c1cccc(OCc2ccccc2)c1)C1CC2CCC(C1)N2. The van der Waals surface area contributed by atoms with Crippen molar-refractivity contribution in [1.82, 2.24) is 10.2 Å². The van der Waals surface area contributed by atoms with Gasteiger partial charge in [-0.3, -0.25) is 4.79 Å². The first-order chi connectivity index (χ1) is 12.7. The molecule has 2 aliphatic rings. The Hall–Kier alpha value is -2.33. The number of ether oxygens (including phenoxy) is 1. The highest BCUT2D eigenvalue weighted by molar-refractivity contribution is 5.94. The van der Waals surface area contributed by atoms with Crippen LogP contribution in [0.4, 0.5) is 0 Å². The molecule has 0 aliphatic carbocycles. The maximum absolute atomic E-state index is 13.0. The summed E-state index contributed by atoms with van der Waals surface area (Å²) in [5, 5.41) is 3.64. The van der Waals surface area contributed by atoms with E-state index in [1.807, 2.05) is 66.5 Å². The molecule has 2 bridgehead atoms. The highest BCUT2D eigenvalue weighted by Crippen LogP contribution is 2.30. The lowest BCUT2D eigenvalue weighted by atomic mass is 9.98. The van der Waals surface area contributed by atoms with Gasteiger partial charge in [-0.2, -0.15) is 0 Å². The Balaban J connectivity index is 1.41. The van der Waals surface area contributed by atoms with Crippen molar-refractivity contribution in [2.45, 2.75) is 50.4 Å². The van der Waals surface area contributed by atoms with E-state index in [0.29, 0.717) is 30.3 Å². The summed E-state index contributed by atoms with van der Waals surface area (Å²) in [5.41, 5.74) is 1.82. The summed E-state index contributed by atoms with van der Waals surface area (Å²) in [6.45, 7) is 0.506. The average Bonchev–Trinajstić information content (AvgIpc) is 3.04. The van der Waals surface area contributed by atoms with Gasteiger partial charge in [0, 0.05) is 30.7 Å². The highest BCUT2D eigenvalue weighted by atomic mass is 16.5. The number of nitrogens with one attached hydrogen (secondary N) is 1. The van der Waals surface area contributed by atoms with Gasteiger partial charge in [0.15, 0.2) is 0 Å². The van der Waals surface area contributed by atoms with Gasteiger partial charge in [-0.05, 0) is 49.4 Å². The maximum Gasteiger partial charge on any atom is 0.253 e. The van der Waals surface area contributed by atoms with Crippen molar-refractivity contribution in [1.29, 1.82) is 0 Å². The molecule has 136 valence electrons. The lowest BCUT2D eigenvalue weighted by Gasteiger charge is -2.35. The van der Waals surface area contributed by atoms with Gasteiger partial charge in [0.1, 0.15) is 12.4 Å². The molecule has 1 N–H and O–H groups in total. The van der Waals surface area contributed by atoms with Crippen LogP contribution in [0, 0.1) is 0 Å². The molecule has 26 heavy (non-hydrogen) atoms. The van der Waals surface area contributed by atoms with Crippen LogP contribution in [-0.4, -0.2) is 36.0 Å². The fraction of sp³-hybridized carbons (Fsp3) is 0.409. The highest BCUT2D eigenvalue weighted by Gasteiger charge is 2.36. The predicted molar refractivity (Wildman–Crippen MR) is 102 cm³/mol. The fourth-order valence-corrected chi connectivity index (χ4v) is 4.17. The summed E-state index contributed by atoms with van der Waals surface area (Å²) in [6.07, 6.45) is 4.60. The van der Waals surface area contributed by atoms with Crippen molar-refractivity contribution in [3.8, 4) is 5.75 Å². The Morgan fingerprint density at radius 2 is 1.81 bits per heavy atom. The Kier molecular flexibility index (Phi) is 4.93. The number of piperidine rings is 1. The van der Waals surface area contributed by atoms with Gasteiger partial charge < -0.3 is 15.0 Å². The summed E-state index contributed by atoms with van der Waals surface area (Å²) < 4.78 is 5.87. The Morgan fingerprint density at radius 1 is 1.08 bits per heavy atom. The van der Waals surface area contributed by atoms with Crippen molar-refractivity contribution < 1.29 is 9.53 Å². The van der Waals surface area contributed by atoms with Crippen LogP contribution < -0.4 is 10.1 Å². The van der Waals surface area contributed by atoms with Gasteiger partial charge in [0.05, 0.1) is 0 Å². The molecule has 2 heterocycles. The van der Waals surface area contributed by atoms with E-state index in [1.54, 1.807) is 0 Å². The molecule has 2 fully saturated rings. The number of hydrogen-bond donors (Lipinski definition) is 1. The molecule has 2 aliphatic heterocycles. The van der Waals surface area contributed by atoms with Crippen LogP contribution in [0.25, 0.3) is 0 Å². The second-order valence-electron chi connectivity index (χ2n) is 7.48. The normalized spacial score (nSPS) is 24.3. The zero-order valence-corrected chi connectivity index (χ0v) is 15.2. The van der Waals surface area contributed by atoms with Crippen molar-refractivity contribution >= 4 is 5.91 Å². The molecule has 0 saturated carbocycles. The molecule has 2 saturated heterocycles. The molecule has 2 aromatic rings. The lowest BCUT2D eigenvalue weighted by Crippen LogP contribution is -2.48. The zero-order chi connectivity index (χ0) is 17.9. The van der Waals surface area contributed by atoms with Gasteiger partial charge in [0.2, 0.25) is 0 Å². The van der Waals surface area contributed by atoms with Crippen LogP contribution >= 0.6 is 0 Å². The van der Waals surface area contributed by atoms with Crippen LogP contribution in [0.1, 0.15) is 41.6 Å². The Morgan fingerprint density at radius 3 is 2.54 bits per heavy atom. The van der Waals surface area contributed by atoms with Gasteiger partial charge in [-0.1, -0.05) is 36.4 Å². The van der Waals surface area contributed by atoms with E-state index < -0.39 is 0 Å². The lowest BCUT2D eigenvalue weighted by molar-refractivity contribution is 0.0681. The Labute approximate surface area is 155 Å². The van der Waals surface area contributed by atoms with Crippen LogP contribution in [0.2, 0.25) is 0 Å². The smallest absolute Gasteiger partial charge is 0.253 e. The molecule has 2 unspecified atom stereocenters. The van der Waals surface area contributed by atoms with Gasteiger partial charge in [-0.25, -0.2) is 0 Å². The molecular weight excluding hydrogens is 324 g/mol. The third kappa shape index (κ3) is 3.75. The monoisotopic (exact) mass is 350 g/mol. The molecule has 4 nitrogen and oxygen atoms in total. The number of amides is 1. The van der Waals surface area contributed by atoms with Crippen LogP contribution in [0.3, 0.4) is 0 Å². The number of carbonyl (C=O) groups is 1. The van der Waals surface area contributed by atoms with E-state index in [4.69, 9.17) is 4.74 Å². The van der Waals surface area contributed by atoms with Crippen LogP contribution in [0.15, 0.2) is 54.6 Å². The number of nitrogens with zero attached hydrogens (tertiary/aromatic N) is 1. The molecule has 0 spiro atoms. The molecule has 0 aromatic heterocycles. The zero-order valence-electron chi connectivity index (χ0n) is 15.2. The van der Waals surface area contributed by atoms with E-state index in [2.05, 4.69) is 5.32 Å². The topological polar surface area (TPSA) is 41.6 Å². The number of benzene rings is 2. The minimum atomic E-state index is 0.0847. The van der Waals surface area contributed by atoms with Crippen molar-refractivity contribution in [3.63, 3.8) is 0 Å². The first kappa shape index (κ1) is 17.1. The van der Waals surface area contributed by atoms with Gasteiger partial charge in [0.25, 0.3) is 5.91 Å². The third-order valence-corrected chi connectivity index (χ3v) is 5.65. The quantitative estimate of drug-likeness (QED) is 0.895. The predicted octanol–water partition coefficient (Wildman–Crippen LogP) is 3.62. The van der Waals surface area contributed by atoms with E-state index in [0.717, 1.165) is 24.2 Å². The molecule has 0 radical (unpaired) electrons. The minimum absolute atomic E-state index is 0.0847. The molecule has 2 atom stereocenters. The van der Waals surface area contributed by atoms with E-state index in [-0.39, 0.29) is 5.91 Å². The van der Waals surface area contributed by atoms with Crippen LogP contribution in [0.5, 0.6) is 5.75 Å². The van der Waals surface area contributed by atoms with Crippen LogP contribution in [-0.2, 0) is 6.61 Å². The molecule has 2 aromatic carbocycles. The fourth-order valence-electron chi connectivity index (χ4n) is 4.17. The second-order valence-corrected chi connectivity index (χ2v) is 7.48. The third-order valence-electron chi connectivity index (χ3n) is 5.65. The average molecular weight is 350 g/mol. The first-order valence-electron chi connectivity index (χ1n) is 9.49. The van der Waals surface area contributed by atoms with Crippen molar-refractivity contribution in [2.24, 2.45) is 0 Å². The molecular formula is C22H26N2O2. The van der Waals surface area contributed by atoms with Crippen molar-refractivity contribution in [2.75, 3.05) is 7.05 Å². The van der Waals surface area contributed by atoms with Gasteiger partial charge in [-0.15, -0.1) is 0 Å². The summed E-state index contributed by atoms with van der Waals surface area (Å²) in [4.78, 5) is 14.9. The standard InChI is InChI=1S/C22H26N2O2/c1-24(20-13-18-10-11-19(14-20)23-18)22(25)17-8-5-9-21(12-17)26-15-16-6-3-2-4-7-16/h2-9,12,18-20,23H,10-11,13-15H2,1H3. The van der Waals surface area contributed by atoms with E-state index in [9.17, 15) is 4.79 Å². The molecule has 1 amide bonds. The largest absolute Gasteiger partial charge is 0.489 e. The second kappa shape index (κ2) is 7.50. The Bertz CT molecular complexity index is 750. The summed E-state index contributed by atoms with van der Waals surface area (Å²) in [7, 11) is 1.94. The van der Waals surface area contributed by atoms with Gasteiger partial charge >= 0.3 is 0 Å². The number of fused-ring (bicyclic) bond motifs is 2. The summed E-state index contributed by atoms with van der Waals surface area (Å²) in [6, 6.07) is 19.1.